The topological polar surface area (TPSA) is 37.3 Å². The van der Waals surface area contributed by atoms with Crippen LogP contribution in [0.15, 0.2) is 78.9 Å². The normalized spacial score (nSPS) is 11.3. The second-order valence-corrected chi connectivity index (χ2v) is 5.76. The Morgan fingerprint density at radius 1 is 0.833 bits per heavy atom. The number of aromatic hydroxyl groups is 1. The number of halogens is 1. The van der Waals surface area contributed by atoms with Gasteiger partial charge in [0.1, 0.15) is 5.75 Å². The molecule has 3 rings (SSSR count). The Bertz CT molecular complexity index is 881. The summed E-state index contributed by atoms with van der Waals surface area (Å²) >= 11 is 5.92. The predicted octanol–water partition coefficient (Wildman–Crippen LogP) is 5.47. The van der Waals surface area contributed by atoms with E-state index in [0.29, 0.717) is 10.6 Å². The minimum absolute atomic E-state index is 0.0274. The van der Waals surface area contributed by atoms with Gasteiger partial charge < -0.3 is 5.11 Å². The number of hydrogen-bond acceptors (Lipinski definition) is 2. The maximum atomic E-state index is 13.0. The van der Waals surface area contributed by atoms with Crippen molar-refractivity contribution in [1.29, 1.82) is 0 Å². The fourth-order valence-corrected chi connectivity index (χ4v) is 2.56. The van der Waals surface area contributed by atoms with Gasteiger partial charge in [-0.25, -0.2) is 0 Å². The molecule has 0 radical (unpaired) electrons. The zero-order valence-electron chi connectivity index (χ0n) is 12.8. The number of carbonyl (C=O) groups excluding carboxylic acids is 1. The molecular formula is C21H15ClO2. The molecule has 0 fully saturated rings. The van der Waals surface area contributed by atoms with Crippen LogP contribution in [0.4, 0.5) is 0 Å². The Morgan fingerprint density at radius 3 is 2.12 bits per heavy atom. The standard InChI is InChI=1S/C21H15ClO2/c22-17-12-10-15(11-13-17)14-19(16-6-2-1-3-7-16)21(24)18-8-4-5-9-20(18)23/h1-14,23H. The number of Topliss-reactive ketones (excluding diaryl/α,β-unsaturated/α-hetero) is 1. The molecule has 24 heavy (non-hydrogen) atoms. The summed E-state index contributed by atoms with van der Waals surface area (Å²) in [6.45, 7) is 0. The van der Waals surface area contributed by atoms with Gasteiger partial charge in [-0.3, -0.25) is 4.79 Å². The molecule has 3 aromatic rings. The molecule has 118 valence electrons. The first-order valence-corrected chi connectivity index (χ1v) is 7.88. The number of hydrogen-bond donors (Lipinski definition) is 1. The van der Waals surface area contributed by atoms with Crippen LogP contribution in [0, 0.1) is 0 Å². The molecule has 0 bridgehead atoms. The molecule has 0 aliphatic rings. The third kappa shape index (κ3) is 3.55. The number of para-hydroxylation sites is 1. The van der Waals surface area contributed by atoms with E-state index in [1.54, 1.807) is 36.4 Å². The van der Waals surface area contributed by atoms with Gasteiger partial charge >= 0.3 is 0 Å². The van der Waals surface area contributed by atoms with Crippen molar-refractivity contribution in [3.05, 3.63) is 101 Å². The number of rotatable bonds is 4. The molecule has 0 heterocycles. The highest BCUT2D eigenvalue weighted by Crippen LogP contribution is 2.27. The van der Waals surface area contributed by atoms with E-state index in [1.165, 1.54) is 6.07 Å². The number of allylic oxidation sites excluding steroid dienone is 1. The van der Waals surface area contributed by atoms with Crippen LogP contribution in [0.1, 0.15) is 21.5 Å². The van der Waals surface area contributed by atoms with Crippen molar-refractivity contribution >= 4 is 29.0 Å². The molecule has 0 atom stereocenters. The van der Waals surface area contributed by atoms with Crippen LogP contribution < -0.4 is 0 Å². The molecular weight excluding hydrogens is 320 g/mol. The van der Waals surface area contributed by atoms with Gasteiger partial charge in [0.15, 0.2) is 5.78 Å². The van der Waals surface area contributed by atoms with Crippen LogP contribution in [0.3, 0.4) is 0 Å². The van der Waals surface area contributed by atoms with E-state index in [1.807, 2.05) is 42.5 Å². The summed E-state index contributed by atoms with van der Waals surface area (Å²) in [4.78, 5) is 13.0. The van der Waals surface area contributed by atoms with Crippen LogP contribution >= 0.6 is 11.6 Å². The Balaban J connectivity index is 2.11. The minimum atomic E-state index is -0.228. The molecule has 0 saturated carbocycles. The first kappa shape index (κ1) is 16.0. The van der Waals surface area contributed by atoms with Gasteiger partial charge in [0.2, 0.25) is 0 Å². The highest BCUT2D eigenvalue weighted by Gasteiger charge is 2.17. The van der Waals surface area contributed by atoms with Crippen molar-refractivity contribution in [1.82, 2.24) is 0 Å². The van der Waals surface area contributed by atoms with E-state index in [0.717, 1.165) is 11.1 Å². The lowest BCUT2D eigenvalue weighted by atomic mass is 9.94. The first-order chi connectivity index (χ1) is 11.6. The van der Waals surface area contributed by atoms with E-state index >= 15 is 0 Å². The van der Waals surface area contributed by atoms with Crippen LogP contribution in [-0.2, 0) is 0 Å². The molecule has 1 N–H and O–H groups in total. The third-order valence-corrected chi connectivity index (χ3v) is 3.91. The van der Waals surface area contributed by atoms with Crippen molar-refractivity contribution in [3.8, 4) is 5.75 Å². The van der Waals surface area contributed by atoms with Crippen molar-refractivity contribution in [2.45, 2.75) is 0 Å². The highest BCUT2D eigenvalue weighted by molar-refractivity contribution is 6.33. The van der Waals surface area contributed by atoms with E-state index < -0.39 is 0 Å². The summed E-state index contributed by atoms with van der Waals surface area (Å²) in [5.41, 5.74) is 2.45. The Morgan fingerprint density at radius 2 is 1.46 bits per heavy atom. The smallest absolute Gasteiger partial charge is 0.197 e. The average Bonchev–Trinajstić information content (AvgIpc) is 2.62. The first-order valence-electron chi connectivity index (χ1n) is 7.50. The second kappa shape index (κ2) is 7.16. The monoisotopic (exact) mass is 334 g/mol. The highest BCUT2D eigenvalue weighted by atomic mass is 35.5. The van der Waals surface area contributed by atoms with Gasteiger partial charge in [-0.05, 0) is 41.5 Å². The molecule has 3 heteroatoms. The molecule has 2 nitrogen and oxygen atoms in total. The van der Waals surface area contributed by atoms with Gasteiger partial charge in [-0.1, -0.05) is 66.2 Å². The number of phenols is 1. The number of ketones is 1. The van der Waals surface area contributed by atoms with Crippen molar-refractivity contribution < 1.29 is 9.90 Å². The summed E-state index contributed by atoms with van der Waals surface area (Å²) in [5, 5.41) is 10.7. The molecule has 0 saturated heterocycles. The van der Waals surface area contributed by atoms with E-state index in [2.05, 4.69) is 0 Å². The van der Waals surface area contributed by atoms with Gasteiger partial charge in [-0.2, -0.15) is 0 Å². The minimum Gasteiger partial charge on any atom is -0.507 e. The van der Waals surface area contributed by atoms with Crippen LogP contribution in [-0.4, -0.2) is 10.9 Å². The number of carbonyl (C=O) groups is 1. The number of benzene rings is 3. The largest absolute Gasteiger partial charge is 0.507 e. The SMILES string of the molecule is O=C(C(=Cc1ccc(Cl)cc1)c1ccccc1)c1ccccc1O. The molecule has 0 aromatic heterocycles. The van der Waals surface area contributed by atoms with Crippen molar-refractivity contribution in [3.63, 3.8) is 0 Å². The average molecular weight is 335 g/mol. The Kier molecular flexibility index (Phi) is 4.78. The maximum absolute atomic E-state index is 13.0. The summed E-state index contributed by atoms with van der Waals surface area (Å²) in [5.74, 6) is -0.255. The zero-order valence-corrected chi connectivity index (χ0v) is 13.6. The lowest BCUT2D eigenvalue weighted by molar-refractivity contribution is 0.105. The summed E-state index contributed by atoms with van der Waals surface area (Å²) in [6, 6.07) is 23.2. The number of phenolic OH excluding ortho intramolecular Hbond substituents is 1. The maximum Gasteiger partial charge on any atom is 0.197 e. The van der Waals surface area contributed by atoms with Crippen molar-refractivity contribution in [2.24, 2.45) is 0 Å². The summed E-state index contributed by atoms with van der Waals surface area (Å²) in [6.07, 6.45) is 1.81. The predicted molar refractivity (Wildman–Crippen MR) is 98.2 cm³/mol. The molecule has 0 aliphatic heterocycles. The van der Waals surface area contributed by atoms with Gasteiger partial charge in [0.25, 0.3) is 0 Å². The van der Waals surface area contributed by atoms with E-state index in [-0.39, 0.29) is 17.1 Å². The quantitative estimate of drug-likeness (QED) is 0.390. The van der Waals surface area contributed by atoms with Crippen molar-refractivity contribution in [2.75, 3.05) is 0 Å². The summed E-state index contributed by atoms with van der Waals surface area (Å²) in [7, 11) is 0. The Hall–Kier alpha value is -2.84. The van der Waals surface area contributed by atoms with Crippen LogP contribution in [0.25, 0.3) is 11.6 Å². The fraction of sp³-hybridized carbons (Fsp3) is 0. The molecule has 0 unspecified atom stereocenters. The lowest BCUT2D eigenvalue weighted by Crippen LogP contribution is -2.03. The zero-order chi connectivity index (χ0) is 16.9. The van der Waals surface area contributed by atoms with E-state index in [9.17, 15) is 9.90 Å². The van der Waals surface area contributed by atoms with Gasteiger partial charge in [0.05, 0.1) is 5.56 Å². The van der Waals surface area contributed by atoms with Gasteiger partial charge in [-0.15, -0.1) is 0 Å². The molecule has 0 spiro atoms. The molecule has 0 amide bonds. The lowest BCUT2D eigenvalue weighted by Gasteiger charge is -2.09. The molecule has 3 aromatic carbocycles. The Labute approximate surface area is 145 Å². The van der Waals surface area contributed by atoms with Crippen LogP contribution in [0.5, 0.6) is 5.75 Å². The third-order valence-electron chi connectivity index (χ3n) is 3.66. The van der Waals surface area contributed by atoms with E-state index in [4.69, 9.17) is 11.6 Å². The fourth-order valence-electron chi connectivity index (χ4n) is 2.43. The summed E-state index contributed by atoms with van der Waals surface area (Å²) < 4.78 is 0. The second-order valence-electron chi connectivity index (χ2n) is 5.32. The molecule has 0 aliphatic carbocycles. The van der Waals surface area contributed by atoms with Gasteiger partial charge in [0, 0.05) is 10.6 Å². The van der Waals surface area contributed by atoms with Crippen LogP contribution in [0.2, 0.25) is 5.02 Å².